The van der Waals surface area contributed by atoms with Crippen LogP contribution in [0, 0.1) is 0 Å². The Bertz CT molecular complexity index is 749. The van der Waals surface area contributed by atoms with Gasteiger partial charge in [-0.3, -0.25) is 0 Å². The number of aliphatic hydroxyl groups is 3. The number of hydrogen-bond acceptors (Lipinski definition) is 5. The van der Waals surface area contributed by atoms with Crippen LogP contribution in [0.3, 0.4) is 0 Å². The van der Waals surface area contributed by atoms with Gasteiger partial charge in [0.05, 0.1) is 25.4 Å². The summed E-state index contributed by atoms with van der Waals surface area (Å²) in [4.78, 5) is 0. The highest BCUT2D eigenvalue weighted by molar-refractivity contribution is 6.31. The van der Waals surface area contributed by atoms with Crippen molar-refractivity contribution in [2.24, 2.45) is 0 Å². The highest BCUT2D eigenvalue weighted by atomic mass is 35.5. The summed E-state index contributed by atoms with van der Waals surface area (Å²) in [7, 11) is 0. The molecule has 5 nitrogen and oxygen atoms in total. The van der Waals surface area contributed by atoms with E-state index in [9.17, 15) is 15.3 Å². The van der Waals surface area contributed by atoms with Crippen molar-refractivity contribution in [2.45, 2.75) is 44.2 Å². The molecule has 1 fully saturated rings. The average molecular weight is 393 g/mol. The minimum absolute atomic E-state index is 0.159. The Balaban J connectivity index is 1.79. The van der Waals surface area contributed by atoms with E-state index in [4.69, 9.17) is 21.1 Å². The molecular formula is C21H25ClO5. The Labute approximate surface area is 164 Å². The quantitative estimate of drug-likeness (QED) is 0.704. The Morgan fingerprint density at radius 1 is 1.11 bits per heavy atom. The van der Waals surface area contributed by atoms with Gasteiger partial charge in [0.2, 0.25) is 0 Å². The third-order valence-corrected chi connectivity index (χ3v) is 5.16. The van der Waals surface area contributed by atoms with Crippen LogP contribution in [0.2, 0.25) is 5.02 Å². The summed E-state index contributed by atoms with van der Waals surface area (Å²) in [5.74, 6) is 0.827. The minimum atomic E-state index is -0.878. The van der Waals surface area contributed by atoms with Gasteiger partial charge in [-0.25, -0.2) is 0 Å². The second-order valence-electron chi connectivity index (χ2n) is 6.75. The summed E-state index contributed by atoms with van der Waals surface area (Å²) < 4.78 is 11.2. The minimum Gasteiger partial charge on any atom is -0.494 e. The summed E-state index contributed by atoms with van der Waals surface area (Å²) >= 11 is 6.37. The van der Waals surface area contributed by atoms with E-state index in [-0.39, 0.29) is 13.0 Å². The lowest BCUT2D eigenvalue weighted by atomic mass is 9.92. The molecule has 1 aliphatic rings. The first-order chi connectivity index (χ1) is 13.0. The zero-order chi connectivity index (χ0) is 19.4. The maximum atomic E-state index is 10.3. The van der Waals surface area contributed by atoms with Crippen molar-refractivity contribution in [3.63, 3.8) is 0 Å². The van der Waals surface area contributed by atoms with Gasteiger partial charge >= 0.3 is 0 Å². The van der Waals surface area contributed by atoms with Crippen molar-refractivity contribution < 1.29 is 24.8 Å². The van der Waals surface area contributed by atoms with Crippen molar-refractivity contribution in [3.8, 4) is 5.75 Å². The summed E-state index contributed by atoms with van der Waals surface area (Å²) in [5.41, 5.74) is 2.78. The fraction of sp³-hybridized carbons (Fsp3) is 0.429. The predicted molar refractivity (Wildman–Crippen MR) is 103 cm³/mol. The first kappa shape index (κ1) is 20.1. The van der Waals surface area contributed by atoms with Crippen molar-refractivity contribution in [3.05, 3.63) is 64.2 Å². The molecule has 2 aromatic carbocycles. The van der Waals surface area contributed by atoms with Gasteiger partial charge in [0.1, 0.15) is 18.0 Å². The van der Waals surface area contributed by atoms with Crippen molar-refractivity contribution in [1.29, 1.82) is 0 Å². The van der Waals surface area contributed by atoms with Crippen molar-refractivity contribution >= 4 is 11.6 Å². The van der Waals surface area contributed by atoms with E-state index in [0.717, 1.165) is 22.4 Å². The number of aliphatic hydroxyl groups excluding tert-OH is 3. The van der Waals surface area contributed by atoms with Gasteiger partial charge in [-0.2, -0.15) is 0 Å². The van der Waals surface area contributed by atoms with Crippen LogP contribution in [0.25, 0.3) is 0 Å². The highest BCUT2D eigenvalue weighted by Gasteiger charge is 2.36. The number of benzene rings is 2. The number of rotatable bonds is 6. The van der Waals surface area contributed by atoms with Crippen molar-refractivity contribution in [1.82, 2.24) is 0 Å². The van der Waals surface area contributed by atoms with E-state index in [0.29, 0.717) is 18.1 Å². The van der Waals surface area contributed by atoms with E-state index in [2.05, 4.69) is 0 Å². The zero-order valence-electron chi connectivity index (χ0n) is 15.2. The maximum absolute atomic E-state index is 10.3. The van der Waals surface area contributed by atoms with Crippen molar-refractivity contribution in [2.75, 3.05) is 13.2 Å². The van der Waals surface area contributed by atoms with E-state index in [1.165, 1.54) is 0 Å². The van der Waals surface area contributed by atoms with E-state index >= 15 is 0 Å². The van der Waals surface area contributed by atoms with Gasteiger partial charge in [0.15, 0.2) is 0 Å². The first-order valence-electron chi connectivity index (χ1n) is 9.14. The molecule has 0 aliphatic carbocycles. The molecule has 1 heterocycles. The molecule has 4 unspecified atom stereocenters. The first-order valence-corrected chi connectivity index (χ1v) is 9.52. The van der Waals surface area contributed by atoms with Crippen LogP contribution in [-0.4, -0.2) is 46.8 Å². The molecule has 27 heavy (non-hydrogen) atoms. The smallest absolute Gasteiger partial charge is 0.119 e. The zero-order valence-corrected chi connectivity index (χ0v) is 16.0. The topological polar surface area (TPSA) is 79.2 Å². The largest absolute Gasteiger partial charge is 0.494 e. The molecule has 146 valence electrons. The Kier molecular flexibility index (Phi) is 6.73. The molecule has 0 spiro atoms. The maximum Gasteiger partial charge on any atom is 0.119 e. The molecule has 0 amide bonds. The van der Waals surface area contributed by atoms with Crippen LogP contribution < -0.4 is 4.74 Å². The standard InChI is InChI=1S/C21H25ClO5/c1-2-26-16-6-3-13(4-7-16)9-15-10-14(5-8-17(15)22)21-19(25)11-18(24)20(12-23)27-21/h3-8,10,18-21,23-25H,2,9,11-12H2,1H3. The summed E-state index contributed by atoms with van der Waals surface area (Å²) in [6, 6.07) is 13.4. The molecular weight excluding hydrogens is 368 g/mol. The van der Waals surface area contributed by atoms with Gasteiger partial charge in [-0.15, -0.1) is 0 Å². The lowest BCUT2D eigenvalue weighted by Crippen LogP contribution is -2.44. The van der Waals surface area contributed by atoms with Gasteiger partial charge in [0, 0.05) is 11.4 Å². The molecule has 0 aromatic heterocycles. The van der Waals surface area contributed by atoms with Gasteiger partial charge in [-0.05, 0) is 48.2 Å². The monoisotopic (exact) mass is 392 g/mol. The van der Waals surface area contributed by atoms with Crippen LogP contribution in [-0.2, 0) is 11.2 Å². The molecule has 1 saturated heterocycles. The van der Waals surface area contributed by atoms with Crippen LogP contribution in [0.5, 0.6) is 5.75 Å². The third kappa shape index (κ3) is 4.81. The molecule has 3 N–H and O–H groups in total. The Hall–Kier alpha value is -1.63. The molecule has 3 rings (SSSR count). The molecule has 2 aromatic rings. The fourth-order valence-electron chi connectivity index (χ4n) is 3.36. The van der Waals surface area contributed by atoms with Crippen LogP contribution in [0.15, 0.2) is 42.5 Å². The number of ether oxygens (including phenoxy) is 2. The van der Waals surface area contributed by atoms with E-state index in [1.54, 1.807) is 6.07 Å². The second-order valence-corrected chi connectivity index (χ2v) is 7.16. The third-order valence-electron chi connectivity index (χ3n) is 4.79. The second kappa shape index (κ2) is 9.04. The molecule has 0 bridgehead atoms. The lowest BCUT2D eigenvalue weighted by molar-refractivity contribution is -0.181. The number of halogens is 1. The Morgan fingerprint density at radius 3 is 2.52 bits per heavy atom. The molecule has 4 atom stereocenters. The van der Waals surface area contributed by atoms with Crippen LogP contribution in [0.4, 0.5) is 0 Å². The lowest BCUT2D eigenvalue weighted by Gasteiger charge is -2.37. The SMILES string of the molecule is CCOc1ccc(Cc2cc(C3OC(CO)C(O)CC3O)ccc2Cl)cc1. The molecule has 1 aliphatic heterocycles. The van der Waals surface area contributed by atoms with E-state index < -0.39 is 24.4 Å². The van der Waals surface area contributed by atoms with E-state index in [1.807, 2.05) is 43.3 Å². The fourth-order valence-corrected chi connectivity index (χ4v) is 3.54. The van der Waals surface area contributed by atoms with Gasteiger partial charge in [-0.1, -0.05) is 35.9 Å². The van der Waals surface area contributed by atoms with Crippen LogP contribution in [0.1, 0.15) is 36.1 Å². The summed E-state index contributed by atoms with van der Waals surface area (Å²) in [6.07, 6.45) is -2.24. The molecule has 6 heteroatoms. The van der Waals surface area contributed by atoms with Gasteiger partial charge in [0.25, 0.3) is 0 Å². The van der Waals surface area contributed by atoms with Crippen LogP contribution >= 0.6 is 11.6 Å². The number of hydrogen-bond donors (Lipinski definition) is 3. The summed E-state index contributed by atoms with van der Waals surface area (Å²) in [5, 5.41) is 30.2. The molecule has 0 radical (unpaired) electrons. The highest BCUT2D eigenvalue weighted by Crippen LogP contribution is 2.34. The summed E-state index contributed by atoms with van der Waals surface area (Å²) in [6.45, 7) is 2.28. The molecule has 0 saturated carbocycles. The predicted octanol–water partition coefficient (Wildman–Crippen LogP) is 2.87. The van der Waals surface area contributed by atoms with Gasteiger partial charge < -0.3 is 24.8 Å². The normalized spacial score (nSPS) is 25.4. The average Bonchev–Trinajstić information content (AvgIpc) is 2.66. The Morgan fingerprint density at radius 2 is 1.85 bits per heavy atom.